The number of benzene rings is 1. The Labute approximate surface area is 119 Å². The van der Waals surface area contributed by atoms with Gasteiger partial charge in [0.25, 0.3) is 5.91 Å². The highest BCUT2D eigenvalue weighted by molar-refractivity contribution is 6.21. The molecule has 4 heteroatoms. The van der Waals surface area contributed by atoms with Crippen LogP contribution >= 0.6 is 0 Å². The van der Waals surface area contributed by atoms with Crippen LogP contribution in [0.3, 0.4) is 0 Å². The summed E-state index contributed by atoms with van der Waals surface area (Å²) >= 11 is 0. The highest BCUT2D eigenvalue weighted by atomic mass is 16.2. The number of amides is 2. The number of quaternary nitrogens is 1. The summed E-state index contributed by atoms with van der Waals surface area (Å²) in [6.45, 7) is 0. The minimum atomic E-state index is -0.217. The summed E-state index contributed by atoms with van der Waals surface area (Å²) in [7, 11) is 0. The van der Waals surface area contributed by atoms with Crippen LogP contribution in [0.5, 0.6) is 0 Å². The maximum absolute atomic E-state index is 12.5. The molecule has 1 aromatic carbocycles. The van der Waals surface area contributed by atoms with Crippen LogP contribution in [-0.2, 0) is 9.59 Å². The molecule has 1 atom stereocenters. The number of hydrogen-bond donors (Lipinski definition) is 1. The van der Waals surface area contributed by atoms with E-state index in [-0.39, 0.29) is 17.9 Å². The molecule has 1 aromatic rings. The van der Waals surface area contributed by atoms with E-state index in [0.717, 1.165) is 0 Å². The molecule has 1 saturated carbocycles. The molecule has 0 unspecified atom stereocenters. The van der Waals surface area contributed by atoms with Crippen LogP contribution in [0.25, 0.3) is 0 Å². The average Bonchev–Trinajstić information content (AvgIpc) is 2.75. The molecule has 4 nitrogen and oxygen atoms in total. The Morgan fingerprint density at radius 3 is 2.40 bits per heavy atom. The van der Waals surface area contributed by atoms with Crippen molar-refractivity contribution in [2.75, 3.05) is 4.90 Å². The summed E-state index contributed by atoms with van der Waals surface area (Å²) in [6.07, 6.45) is 6.48. The predicted octanol–water partition coefficient (Wildman–Crippen LogP) is 1.21. The van der Waals surface area contributed by atoms with Crippen LogP contribution in [0, 0.1) is 0 Å². The maximum Gasteiger partial charge on any atom is 0.292 e. The summed E-state index contributed by atoms with van der Waals surface area (Å²) in [5, 5.41) is 2.14. The van der Waals surface area contributed by atoms with Gasteiger partial charge in [0.05, 0.1) is 18.2 Å². The maximum atomic E-state index is 12.5. The molecule has 0 radical (unpaired) electrons. The Morgan fingerprint density at radius 1 is 1.00 bits per heavy atom. The first-order chi connectivity index (χ1) is 9.75. The minimum absolute atomic E-state index is 0.0493. The Balaban J connectivity index is 1.70. The summed E-state index contributed by atoms with van der Waals surface area (Å²) in [5.41, 5.74) is 0.696. The fourth-order valence-electron chi connectivity index (χ4n) is 3.31. The second-order valence-electron chi connectivity index (χ2n) is 5.80. The zero-order chi connectivity index (χ0) is 13.9. The first-order valence-corrected chi connectivity index (χ1v) is 7.52. The number of nitrogens with two attached hydrogens (primary N) is 1. The molecule has 2 amide bonds. The molecule has 106 valence electrons. The van der Waals surface area contributed by atoms with Gasteiger partial charge in [0.1, 0.15) is 0 Å². The molecule has 0 spiro atoms. The van der Waals surface area contributed by atoms with E-state index in [9.17, 15) is 9.59 Å². The van der Waals surface area contributed by atoms with Gasteiger partial charge in [0.15, 0.2) is 6.04 Å². The average molecular weight is 273 g/mol. The highest BCUT2D eigenvalue weighted by Crippen LogP contribution is 2.22. The van der Waals surface area contributed by atoms with Gasteiger partial charge in [-0.15, -0.1) is 0 Å². The number of nitrogens with zero attached hydrogens (tertiary/aromatic N) is 1. The number of anilines is 1. The Bertz CT molecular complexity index is 494. The predicted molar refractivity (Wildman–Crippen MR) is 76.1 cm³/mol. The first-order valence-electron chi connectivity index (χ1n) is 7.52. The molecule has 1 saturated heterocycles. The monoisotopic (exact) mass is 273 g/mol. The van der Waals surface area contributed by atoms with Crippen molar-refractivity contribution in [3.05, 3.63) is 30.3 Å². The summed E-state index contributed by atoms with van der Waals surface area (Å²) < 4.78 is 0. The largest absolute Gasteiger partial charge is 0.333 e. The van der Waals surface area contributed by atoms with Gasteiger partial charge >= 0.3 is 0 Å². The van der Waals surface area contributed by atoms with Crippen LogP contribution < -0.4 is 10.2 Å². The third kappa shape index (κ3) is 2.61. The van der Waals surface area contributed by atoms with E-state index in [4.69, 9.17) is 0 Å². The van der Waals surface area contributed by atoms with E-state index in [0.29, 0.717) is 18.2 Å². The highest BCUT2D eigenvalue weighted by Gasteiger charge is 2.43. The van der Waals surface area contributed by atoms with Gasteiger partial charge in [-0.3, -0.25) is 9.59 Å². The molecule has 2 fully saturated rings. The lowest BCUT2D eigenvalue weighted by atomic mass is 9.95. The molecule has 1 heterocycles. The molecule has 1 aliphatic carbocycles. The molecule has 2 aliphatic rings. The Kier molecular flexibility index (Phi) is 3.83. The van der Waals surface area contributed by atoms with Gasteiger partial charge in [-0.05, 0) is 37.8 Å². The smallest absolute Gasteiger partial charge is 0.292 e. The van der Waals surface area contributed by atoms with Crippen LogP contribution in [0.1, 0.15) is 38.5 Å². The lowest BCUT2D eigenvalue weighted by molar-refractivity contribution is -0.710. The third-order valence-corrected chi connectivity index (χ3v) is 4.35. The molecule has 3 rings (SSSR count). The van der Waals surface area contributed by atoms with Crippen LogP contribution in [0.15, 0.2) is 30.3 Å². The molecule has 2 N–H and O–H groups in total. The molecule has 20 heavy (non-hydrogen) atoms. The van der Waals surface area contributed by atoms with Crippen molar-refractivity contribution in [3.63, 3.8) is 0 Å². The minimum Gasteiger partial charge on any atom is -0.333 e. The number of rotatable bonds is 3. The number of para-hydroxylation sites is 1. The van der Waals surface area contributed by atoms with Gasteiger partial charge in [-0.25, -0.2) is 4.90 Å². The molecular formula is C16H21N2O2+. The fourth-order valence-corrected chi connectivity index (χ4v) is 3.31. The van der Waals surface area contributed by atoms with Gasteiger partial charge in [-0.2, -0.15) is 0 Å². The lowest BCUT2D eigenvalue weighted by Crippen LogP contribution is -2.96. The van der Waals surface area contributed by atoms with Crippen molar-refractivity contribution < 1.29 is 14.9 Å². The zero-order valence-electron chi connectivity index (χ0n) is 11.6. The lowest BCUT2D eigenvalue weighted by Gasteiger charge is -2.22. The number of carbonyl (C=O) groups is 2. The van der Waals surface area contributed by atoms with Crippen molar-refractivity contribution in [1.29, 1.82) is 0 Å². The quantitative estimate of drug-likeness (QED) is 0.842. The van der Waals surface area contributed by atoms with Crippen molar-refractivity contribution in [3.8, 4) is 0 Å². The van der Waals surface area contributed by atoms with Crippen molar-refractivity contribution in [2.24, 2.45) is 0 Å². The van der Waals surface area contributed by atoms with Crippen molar-refractivity contribution in [1.82, 2.24) is 0 Å². The van der Waals surface area contributed by atoms with Gasteiger partial charge in [0, 0.05) is 0 Å². The summed E-state index contributed by atoms with van der Waals surface area (Å²) in [4.78, 5) is 25.9. The number of hydrogen-bond acceptors (Lipinski definition) is 2. The number of carbonyl (C=O) groups excluding carboxylic acids is 2. The topological polar surface area (TPSA) is 54.0 Å². The number of imide groups is 1. The van der Waals surface area contributed by atoms with E-state index in [1.807, 2.05) is 30.3 Å². The standard InChI is InChI=1S/C16H20N2O2/c19-15-11-14(17-12-7-3-1-4-8-12)16(20)18(15)13-9-5-2-6-10-13/h2,5-6,9-10,12,14,17H,1,3-4,7-8,11H2/p+1/t14-/m1/s1. The normalized spacial score (nSPS) is 24.4. The Morgan fingerprint density at radius 2 is 1.70 bits per heavy atom. The van der Waals surface area contributed by atoms with E-state index in [1.54, 1.807) is 0 Å². The zero-order valence-corrected chi connectivity index (χ0v) is 11.6. The van der Waals surface area contributed by atoms with Crippen LogP contribution in [0.4, 0.5) is 5.69 Å². The SMILES string of the molecule is O=C1C[C@@H]([NH2+]C2CCCCC2)C(=O)N1c1ccccc1. The van der Waals surface area contributed by atoms with Crippen LogP contribution in [0.2, 0.25) is 0 Å². The van der Waals surface area contributed by atoms with Gasteiger partial charge in [-0.1, -0.05) is 24.6 Å². The molecule has 0 bridgehead atoms. The fraction of sp³-hybridized carbons (Fsp3) is 0.500. The molecule has 1 aliphatic heterocycles. The van der Waals surface area contributed by atoms with Gasteiger partial charge < -0.3 is 5.32 Å². The van der Waals surface area contributed by atoms with Crippen LogP contribution in [-0.4, -0.2) is 23.9 Å². The molecular weight excluding hydrogens is 252 g/mol. The van der Waals surface area contributed by atoms with E-state index >= 15 is 0 Å². The van der Waals surface area contributed by atoms with E-state index in [2.05, 4.69) is 5.32 Å². The second kappa shape index (κ2) is 5.75. The van der Waals surface area contributed by atoms with E-state index in [1.165, 1.54) is 37.0 Å². The third-order valence-electron chi connectivity index (χ3n) is 4.35. The van der Waals surface area contributed by atoms with Gasteiger partial charge in [0.2, 0.25) is 5.91 Å². The molecule has 0 aromatic heterocycles. The first kappa shape index (κ1) is 13.3. The Hall–Kier alpha value is -1.68. The van der Waals surface area contributed by atoms with E-state index < -0.39 is 0 Å². The van der Waals surface area contributed by atoms with Crippen molar-refractivity contribution in [2.45, 2.75) is 50.6 Å². The van der Waals surface area contributed by atoms with Crippen molar-refractivity contribution >= 4 is 17.5 Å². The summed E-state index contributed by atoms with van der Waals surface area (Å²) in [5.74, 6) is -0.120. The second-order valence-corrected chi connectivity index (χ2v) is 5.80. The summed E-state index contributed by atoms with van der Waals surface area (Å²) in [6, 6.07) is 9.53.